The third kappa shape index (κ3) is 1.88. The van der Waals surface area contributed by atoms with E-state index < -0.39 is 0 Å². The van der Waals surface area contributed by atoms with Crippen LogP contribution in [0.5, 0.6) is 0 Å². The Morgan fingerprint density at radius 3 is 2.80 bits per heavy atom. The summed E-state index contributed by atoms with van der Waals surface area (Å²) in [4.78, 5) is 10.8. The molecule has 0 aromatic heterocycles. The summed E-state index contributed by atoms with van der Waals surface area (Å²) in [6, 6.07) is 11.7. The van der Waals surface area contributed by atoms with Gasteiger partial charge in [-0.25, -0.2) is 0 Å². The minimum absolute atomic E-state index is 0.0906. The van der Waals surface area contributed by atoms with Gasteiger partial charge in [0.25, 0.3) is 0 Å². The lowest BCUT2D eigenvalue weighted by molar-refractivity contribution is -0.108. The molecule has 0 radical (unpaired) electrons. The zero-order valence-electron chi connectivity index (χ0n) is 8.41. The topological polar surface area (TPSA) is 17.1 Å². The van der Waals surface area contributed by atoms with E-state index in [2.05, 4.69) is 0 Å². The maximum atomic E-state index is 10.8. The van der Waals surface area contributed by atoms with Crippen LogP contribution in [0.15, 0.2) is 36.4 Å². The third-order valence-electron chi connectivity index (χ3n) is 2.57. The van der Waals surface area contributed by atoms with Gasteiger partial charge in [0.2, 0.25) is 0 Å². The molecule has 0 bridgehead atoms. The molecule has 2 rings (SSSR count). The predicted molar refractivity (Wildman–Crippen MR) is 63.4 cm³/mol. The molecule has 0 fully saturated rings. The number of carbonyl (C=O) groups excluding carboxylic acids is 1. The second kappa shape index (κ2) is 4.03. The van der Waals surface area contributed by atoms with Crippen LogP contribution in [0.2, 0.25) is 5.02 Å². The molecule has 0 N–H and O–H groups in total. The molecule has 0 aliphatic rings. The third-order valence-corrected chi connectivity index (χ3v) is 2.81. The lowest BCUT2D eigenvalue weighted by Gasteiger charge is -2.08. The number of benzene rings is 2. The highest BCUT2D eigenvalue weighted by atomic mass is 35.5. The first-order chi connectivity index (χ1) is 7.22. The molecule has 15 heavy (non-hydrogen) atoms. The monoisotopic (exact) mass is 218 g/mol. The molecule has 1 atom stereocenters. The number of carbonyl (C=O) groups is 1. The van der Waals surface area contributed by atoms with Crippen molar-refractivity contribution in [2.24, 2.45) is 0 Å². The van der Waals surface area contributed by atoms with Crippen LogP contribution in [0.25, 0.3) is 10.8 Å². The molecular formula is C13H11ClO. The minimum Gasteiger partial charge on any atom is -0.303 e. The number of halogens is 1. The fourth-order valence-corrected chi connectivity index (χ4v) is 1.91. The van der Waals surface area contributed by atoms with Crippen LogP contribution in [0.1, 0.15) is 18.4 Å². The van der Waals surface area contributed by atoms with Gasteiger partial charge >= 0.3 is 0 Å². The second-order valence-electron chi connectivity index (χ2n) is 3.64. The van der Waals surface area contributed by atoms with E-state index in [9.17, 15) is 4.79 Å². The summed E-state index contributed by atoms with van der Waals surface area (Å²) in [6.07, 6.45) is 0.954. The van der Waals surface area contributed by atoms with E-state index in [0.717, 1.165) is 22.6 Å². The van der Waals surface area contributed by atoms with Gasteiger partial charge < -0.3 is 4.79 Å². The second-order valence-corrected chi connectivity index (χ2v) is 4.07. The lowest BCUT2D eigenvalue weighted by Crippen LogP contribution is -1.95. The van der Waals surface area contributed by atoms with Gasteiger partial charge in [0.05, 0.1) is 0 Å². The maximum absolute atomic E-state index is 10.8. The van der Waals surface area contributed by atoms with E-state index in [4.69, 9.17) is 11.6 Å². The van der Waals surface area contributed by atoms with E-state index in [1.165, 1.54) is 0 Å². The van der Waals surface area contributed by atoms with Crippen molar-refractivity contribution < 1.29 is 4.79 Å². The van der Waals surface area contributed by atoms with Crippen molar-refractivity contribution in [1.82, 2.24) is 0 Å². The highest BCUT2D eigenvalue weighted by Crippen LogP contribution is 2.26. The number of fused-ring (bicyclic) bond motifs is 1. The van der Waals surface area contributed by atoms with Gasteiger partial charge in [0.15, 0.2) is 0 Å². The van der Waals surface area contributed by atoms with E-state index >= 15 is 0 Å². The van der Waals surface area contributed by atoms with Crippen molar-refractivity contribution in [2.75, 3.05) is 0 Å². The van der Waals surface area contributed by atoms with Crippen LogP contribution in [-0.4, -0.2) is 6.29 Å². The van der Waals surface area contributed by atoms with Crippen molar-refractivity contribution >= 4 is 28.7 Å². The van der Waals surface area contributed by atoms with Crippen LogP contribution in [0.4, 0.5) is 0 Å². The van der Waals surface area contributed by atoms with Crippen molar-refractivity contribution in [3.8, 4) is 0 Å². The predicted octanol–water partition coefficient (Wildman–Crippen LogP) is 3.80. The van der Waals surface area contributed by atoms with Crippen LogP contribution < -0.4 is 0 Å². The molecule has 0 amide bonds. The van der Waals surface area contributed by atoms with Crippen molar-refractivity contribution in [2.45, 2.75) is 12.8 Å². The Hall–Kier alpha value is -1.34. The van der Waals surface area contributed by atoms with E-state index in [-0.39, 0.29) is 5.92 Å². The standard InChI is InChI=1S/C13H11ClO/c1-9(8-15)12-4-2-3-10-5-6-11(14)7-13(10)12/h2-9H,1H3. The Labute approximate surface area is 93.7 Å². The number of hydrogen-bond acceptors (Lipinski definition) is 1. The van der Waals surface area contributed by atoms with Crippen LogP contribution >= 0.6 is 11.6 Å². The van der Waals surface area contributed by atoms with Gasteiger partial charge in [-0.2, -0.15) is 0 Å². The molecule has 1 unspecified atom stereocenters. The first-order valence-corrected chi connectivity index (χ1v) is 5.23. The van der Waals surface area contributed by atoms with Gasteiger partial charge in [-0.15, -0.1) is 0 Å². The van der Waals surface area contributed by atoms with Gasteiger partial charge in [-0.3, -0.25) is 0 Å². The number of hydrogen-bond donors (Lipinski definition) is 0. The van der Waals surface area contributed by atoms with E-state index in [0.29, 0.717) is 5.02 Å². The molecule has 2 aromatic carbocycles. The lowest BCUT2D eigenvalue weighted by atomic mass is 9.96. The zero-order chi connectivity index (χ0) is 10.8. The summed E-state index contributed by atoms with van der Waals surface area (Å²) < 4.78 is 0. The first kappa shape index (κ1) is 10.2. The SMILES string of the molecule is CC(C=O)c1cccc2ccc(Cl)cc12. The van der Waals surface area contributed by atoms with E-state index in [1.807, 2.05) is 43.3 Å². The summed E-state index contributed by atoms with van der Waals surface area (Å²) in [5, 5.41) is 2.88. The molecule has 0 aliphatic carbocycles. The first-order valence-electron chi connectivity index (χ1n) is 4.86. The van der Waals surface area contributed by atoms with Crippen LogP contribution in [0, 0.1) is 0 Å². The molecule has 2 aromatic rings. The van der Waals surface area contributed by atoms with Gasteiger partial charge in [-0.1, -0.05) is 42.8 Å². The fourth-order valence-electron chi connectivity index (χ4n) is 1.74. The van der Waals surface area contributed by atoms with Crippen LogP contribution in [-0.2, 0) is 4.79 Å². The quantitative estimate of drug-likeness (QED) is 0.701. The highest BCUT2D eigenvalue weighted by Gasteiger charge is 2.07. The van der Waals surface area contributed by atoms with Gasteiger partial charge in [-0.05, 0) is 28.5 Å². The molecule has 1 nitrogen and oxygen atoms in total. The Balaban J connectivity index is 2.73. The summed E-state index contributed by atoms with van der Waals surface area (Å²) in [5.74, 6) is -0.0906. The number of aldehydes is 1. The fraction of sp³-hybridized carbons (Fsp3) is 0.154. The van der Waals surface area contributed by atoms with Gasteiger partial charge in [0.1, 0.15) is 6.29 Å². The molecular weight excluding hydrogens is 208 g/mol. The van der Waals surface area contributed by atoms with E-state index in [1.54, 1.807) is 0 Å². The highest BCUT2D eigenvalue weighted by molar-refractivity contribution is 6.31. The molecule has 0 spiro atoms. The summed E-state index contributed by atoms with van der Waals surface area (Å²) >= 11 is 5.95. The molecule has 0 saturated carbocycles. The maximum Gasteiger partial charge on any atom is 0.127 e. The Bertz CT molecular complexity index is 505. The Morgan fingerprint density at radius 2 is 2.07 bits per heavy atom. The Morgan fingerprint density at radius 1 is 1.27 bits per heavy atom. The van der Waals surface area contributed by atoms with Gasteiger partial charge in [0, 0.05) is 10.9 Å². The summed E-state index contributed by atoms with van der Waals surface area (Å²) in [6.45, 7) is 1.89. The van der Waals surface area contributed by atoms with Crippen molar-refractivity contribution in [3.05, 3.63) is 47.0 Å². The summed E-state index contributed by atoms with van der Waals surface area (Å²) in [5.41, 5.74) is 1.03. The smallest absolute Gasteiger partial charge is 0.127 e. The average molecular weight is 219 g/mol. The zero-order valence-corrected chi connectivity index (χ0v) is 9.16. The molecule has 0 heterocycles. The summed E-state index contributed by atoms with van der Waals surface area (Å²) in [7, 11) is 0. The average Bonchev–Trinajstić information content (AvgIpc) is 2.27. The largest absolute Gasteiger partial charge is 0.303 e. The number of rotatable bonds is 2. The van der Waals surface area contributed by atoms with Crippen LogP contribution in [0.3, 0.4) is 0 Å². The normalized spacial score (nSPS) is 12.7. The Kier molecular flexibility index (Phi) is 2.74. The van der Waals surface area contributed by atoms with Crippen molar-refractivity contribution in [1.29, 1.82) is 0 Å². The molecule has 0 aliphatic heterocycles. The van der Waals surface area contributed by atoms with Crippen molar-refractivity contribution in [3.63, 3.8) is 0 Å². The molecule has 76 valence electrons. The minimum atomic E-state index is -0.0906. The molecule has 0 saturated heterocycles. The molecule has 2 heteroatoms.